The molecule has 3 aliphatic rings. The Morgan fingerprint density at radius 2 is 1.96 bits per heavy atom. The third kappa shape index (κ3) is 2.16. The molecule has 2 bridgehead atoms. The van der Waals surface area contributed by atoms with Crippen LogP contribution in [0.15, 0.2) is 47.2 Å². The Labute approximate surface area is 157 Å². The first-order chi connectivity index (χ1) is 13.0. The highest BCUT2D eigenvalue weighted by Crippen LogP contribution is 2.58. The van der Waals surface area contributed by atoms with Crippen LogP contribution in [0.2, 0.25) is 0 Å². The maximum Gasteiger partial charge on any atom is 0.191 e. The molecule has 0 radical (unpaired) electrons. The van der Waals surface area contributed by atoms with Crippen molar-refractivity contribution in [1.82, 2.24) is 4.90 Å². The average molecular weight is 359 g/mol. The van der Waals surface area contributed by atoms with Crippen LogP contribution < -0.4 is 5.73 Å². The second-order valence-corrected chi connectivity index (χ2v) is 7.49. The molecule has 134 valence electrons. The minimum absolute atomic E-state index is 0.0179. The van der Waals surface area contributed by atoms with E-state index in [1.807, 2.05) is 13.1 Å². The van der Waals surface area contributed by atoms with Crippen molar-refractivity contribution in [3.63, 3.8) is 0 Å². The van der Waals surface area contributed by atoms with Gasteiger partial charge in [0.05, 0.1) is 23.4 Å². The maximum atomic E-state index is 14.0. The molecule has 1 aromatic carbocycles. The zero-order valence-corrected chi connectivity index (χ0v) is 14.9. The first kappa shape index (κ1) is 17.3. The number of rotatable bonds is 1. The third-order valence-electron chi connectivity index (χ3n) is 6.43. The van der Waals surface area contributed by atoms with Crippen LogP contribution in [0.4, 0.5) is 4.39 Å². The topological polar surface area (TPSA) is 101 Å². The molecule has 5 nitrogen and oxygen atoms in total. The van der Waals surface area contributed by atoms with E-state index in [1.54, 1.807) is 12.1 Å². The lowest BCUT2D eigenvalue weighted by molar-refractivity contribution is 0.160. The minimum atomic E-state index is -1.71. The zero-order valence-electron chi connectivity index (χ0n) is 14.9. The van der Waals surface area contributed by atoms with Gasteiger partial charge in [-0.15, -0.1) is 0 Å². The van der Waals surface area contributed by atoms with Crippen LogP contribution in [0.25, 0.3) is 0 Å². The van der Waals surface area contributed by atoms with Crippen molar-refractivity contribution in [1.29, 1.82) is 15.8 Å². The van der Waals surface area contributed by atoms with Gasteiger partial charge in [-0.05, 0) is 43.2 Å². The summed E-state index contributed by atoms with van der Waals surface area (Å²) in [5, 5.41) is 29.8. The van der Waals surface area contributed by atoms with Crippen LogP contribution in [0.1, 0.15) is 24.3 Å². The first-order valence-corrected chi connectivity index (χ1v) is 8.90. The zero-order chi connectivity index (χ0) is 19.3. The second kappa shape index (κ2) is 5.95. The van der Waals surface area contributed by atoms with E-state index in [9.17, 15) is 20.2 Å². The summed E-state index contributed by atoms with van der Waals surface area (Å²) >= 11 is 0. The molecular weight excluding hydrogens is 341 g/mol. The number of hydrogen-bond donors (Lipinski definition) is 1. The Bertz CT molecular complexity index is 989. The Morgan fingerprint density at radius 3 is 2.59 bits per heavy atom. The SMILES string of the molecule is CN1[C@@H]2C=C3C(C#N)=C(N)C(C#N)(C#N)[C@@H](c4cccc(F)c4)[C@@H]3[C@H]1CC2. The molecule has 27 heavy (non-hydrogen) atoms. The molecule has 0 unspecified atom stereocenters. The fraction of sp³-hybridized carbons (Fsp3) is 0.381. The lowest BCUT2D eigenvalue weighted by Crippen LogP contribution is -2.51. The van der Waals surface area contributed by atoms with Gasteiger partial charge < -0.3 is 5.73 Å². The average Bonchev–Trinajstić information content (AvgIpc) is 2.90. The van der Waals surface area contributed by atoms with Gasteiger partial charge >= 0.3 is 0 Å². The molecule has 1 saturated heterocycles. The van der Waals surface area contributed by atoms with Crippen molar-refractivity contribution >= 4 is 0 Å². The molecule has 0 amide bonds. The summed E-state index contributed by atoms with van der Waals surface area (Å²) in [6.45, 7) is 0. The Hall–Kier alpha value is -3.14. The number of likely N-dealkylation sites (N-methyl/N-ethyl adjacent to an activating group) is 1. The predicted molar refractivity (Wildman–Crippen MR) is 95.8 cm³/mol. The van der Waals surface area contributed by atoms with Gasteiger partial charge in [0.25, 0.3) is 0 Å². The molecule has 0 aromatic heterocycles. The van der Waals surface area contributed by atoms with Gasteiger partial charge in [-0.25, -0.2) is 4.39 Å². The van der Waals surface area contributed by atoms with Crippen LogP contribution in [0.3, 0.4) is 0 Å². The van der Waals surface area contributed by atoms with E-state index in [1.165, 1.54) is 12.1 Å². The number of fused-ring (bicyclic) bond motifs is 4. The van der Waals surface area contributed by atoms with Crippen molar-refractivity contribution in [2.24, 2.45) is 17.1 Å². The number of nitrogens with two attached hydrogens (primary N) is 1. The van der Waals surface area contributed by atoms with Gasteiger partial charge in [-0.3, -0.25) is 4.90 Å². The molecule has 6 heteroatoms. The number of halogens is 1. The van der Waals surface area contributed by atoms with Crippen molar-refractivity contribution in [3.05, 3.63) is 58.6 Å². The molecule has 2 heterocycles. The van der Waals surface area contributed by atoms with E-state index in [0.29, 0.717) is 5.56 Å². The smallest absolute Gasteiger partial charge is 0.191 e. The van der Waals surface area contributed by atoms with Gasteiger partial charge in [0.2, 0.25) is 0 Å². The Balaban J connectivity index is 2.06. The summed E-state index contributed by atoms with van der Waals surface area (Å²) in [7, 11) is 2.02. The lowest BCUT2D eigenvalue weighted by Gasteiger charge is -2.48. The van der Waals surface area contributed by atoms with Gasteiger partial charge in [0.15, 0.2) is 5.41 Å². The molecule has 4 rings (SSSR count). The van der Waals surface area contributed by atoms with Gasteiger partial charge in [-0.1, -0.05) is 18.2 Å². The summed E-state index contributed by atoms with van der Waals surface area (Å²) in [6, 6.07) is 12.6. The van der Waals surface area contributed by atoms with Crippen LogP contribution in [-0.4, -0.2) is 24.0 Å². The minimum Gasteiger partial charge on any atom is -0.399 e. The quantitative estimate of drug-likeness (QED) is 0.831. The van der Waals surface area contributed by atoms with E-state index in [0.717, 1.165) is 18.4 Å². The first-order valence-electron chi connectivity index (χ1n) is 8.90. The number of allylic oxidation sites excluding steroid dienone is 2. The summed E-state index contributed by atoms with van der Waals surface area (Å²) < 4.78 is 14.0. The molecule has 1 aliphatic carbocycles. The number of nitriles is 3. The number of hydrogen-bond acceptors (Lipinski definition) is 5. The van der Waals surface area contributed by atoms with Crippen molar-refractivity contribution in [3.8, 4) is 18.2 Å². The summed E-state index contributed by atoms with van der Waals surface area (Å²) in [4.78, 5) is 2.23. The van der Waals surface area contributed by atoms with Crippen LogP contribution in [-0.2, 0) is 0 Å². The van der Waals surface area contributed by atoms with E-state index in [2.05, 4.69) is 23.1 Å². The highest BCUT2D eigenvalue weighted by Gasteiger charge is 2.58. The lowest BCUT2D eigenvalue weighted by atomic mass is 9.56. The summed E-state index contributed by atoms with van der Waals surface area (Å²) in [5.41, 5.74) is 6.14. The van der Waals surface area contributed by atoms with Crippen molar-refractivity contribution < 1.29 is 4.39 Å². The van der Waals surface area contributed by atoms with E-state index in [-0.39, 0.29) is 29.3 Å². The summed E-state index contributed by atoms with van der Waals surface area (Å²) in [6.07, 6.45) is 3.88. The Kier molecular flexibility index (Phi) is 3.81. The molecular formula is C21H18FN5. The van der Waals surface area contributed by atoms with Crippen molar-refractivity contribution in [2.45, 2.75) is 30.8 Å². The molecule has 2 N–H and O–H groups in total. The van der Waals surface area contributed by atoms with Crippen LogP contribution in [0, 0.1) is 51.1 Å². The highest BCUT2D eigenvalue weighted by molar-refractivity contribution is 5.60. The van der Waals surface area contributed by atoms with Crippen LogP contribution >= 0.6 is 0 Å². The monoisotopic (exact) mass is 359 g/mol. The molecule has 2 aliphatic heterocycles. The van der Waals surface area contributed by atoms with Crippen LogP contribution in [0.5, 0.6) is 0 Å². The van der Waals surface area contributed by atoms with Gasteiger partial charge in [-0.2, -0.15) is 15.8 Å². The van der Waals surface area contributed by atoms with Gasteiger partial charge in [0.1, 0.15) is 11.9 Å². The van der Waals surface area contributed by atoms with E-state index >= 15 is 0 Å². The maximum absolute atomic E-state index is 14.0. The van der Waals surface area contributed by atoms with Gasteiger partial charge in [0, 0.05) is 23.9 Å². The second-order valence-electron chi connectivity index (χ2n) is 7.49. The Morgan fingerprint density at radius 1 is 1.22 bits per heavy atom. The molecule has 4 atom stereocenters. The largest absolute Gasteiger partial charge is 0.399 e. The third-order valence-corrected chi connectivity index (χ3v) is 6.43. The molecule has 1 aromatic rings. The predicted octanol–water partition coefficient (Wildman–Crippen LogP) is 2.71. The fourth-order valence-corrected chi connectivity index (χ4v) is 5.16. The standard InChI is InChI=1S/C21H18FN5/c1-27-14-5-6-17(27)18-15(8-14)16(9-23)20(26)21(10-24,11-25)19(18)12-3-2-4-13(22)7-12/h2-4,7-8,14,17-19H,5-6,26H2,1H3/t14-,17+,18-,19-/m0/s1. The molecule has 0 saturated carbocycles. The number of benzene rings is 1. The van der Waals surface area contributed by atoms with E-state index in [4.69, 9.17) is 5.73 Å². The summed E-state index contributed by atoms with van der Waals surface area (Å²) in [5.74, 6) is -1.33. The van der Waals surface area contributed by atoms with E-state index < -0.39 is 17.2 Å². The highest BCUT2D eigenvalue weighted by atomic mass is 19.1. The van der Waals surface area contributed by atoms with Crippen molar-refractivity contribution in [2.75, 3.05) is 7.05 Å². The molecule has 0 spiro atoms. The fourth-order valence-electron chi connectivity index (χ4n) is 5.16. The number of nitrogens with zero attached hydrogens (tertiary/aromatic N) is 4. The molecule has 1 fully saturated rings. The normalized spacial score (nSPS) is 31.3.